The summed E-state index contributed by atoms with van der Waals surface area (Å²) in [6, 6.07) is 6.04. The topological polar surface area (TPSA) is 82.8 Å². The first-order chi connectivity index (χ1) is 25.0. The molecule has 0 radical (unpaired) electrons. The normalized spacial score (nSPS) is 11.3. The Morgan fingerprint density at radius 2 is 0.765 bits per heavy atom. The zero-order valence-electron chi connectivity index (χ0n) is 32.9. The Morgan fingerprint density at radius 1 is 0.451 bits per heavy atom. The number of carbonyl (C=O) groups is 2. The minimum atomic E-state index is -0.490. The maximum Gasteiger partial charge on any atom is 0.336 e. The number of ether oxygens (including phenoxy) is 2. The van der Waals surface area contributed by atoms with Gasteiger partial charge in [0.2, 0.25) is 0 Å². The molecular weight excluding hydrogens is 636 g/mol. The van der Waals surface area contributed by atoms with Gasteiger partial charge in [-0.05, 0) is 25.0 Å². The molecule has 0 saturated heterocycles. The van der Waals surface area contributed by atoms with Crippen LogP contribution >= 0.6 is 0 Å². The van der Waals surface area contributed by atoms with Crippen LogP contribution in [0.4, 0.5) is 0 Å². The lowest BCUT2D eigenvalue weighted by molar-refractivity contribution is -0.137. The smallest absolute Gasteiger partial charge is 0.336 e. The highest BCUT2D eigenvalue weighted by Gasteiger charge is 2.17. The molecule has 0 saturated carbocycles. The van der Waals surface area contributed by atoms with Gasteiger partial charge in [0, 0.05) is 30.4 Å². The van der Waals surface area contributed by atoms with E-state index in [9.17, 15) is 14.4 Å². The zero-order valence-corrected chi connectivity index (χ0v) is 32.9. The highest BCUT2D eigenvalue weighted by molar-refractivity contribution is 5.84. The number of hydrogen-bond donors (Lipinski definition) is 0. The van der Waals surface area contributed by atoms with Crippen molar-refractivity contribution in [2.45, 2.75) is 219 Å². The van der Waals surface area contributed by atoms with Crippen molar-refractivity contribution in [3.63, 3.8) is 0 Å². The third-order valence-corrected chi connectivity index (χ3v) is 10.1. The summed E-state index contributed by atoms with van der Waals surface area (Å²) in [7, 11) is 0. The number of carbonyl (C=O) groups excluding carboxylic acids is 2. The average molecular weight is 711 g/mol. The van der Waals surface area contributed by atoms with E-state index in [1.54, 1.807) is 12.1 Å². The molecule has 290 valence electrons. The van der Waals surface area contributed by atoms with Crippen molar-refractivity contribution < 1.29 is 23.5 Å². The van der Waals surface area contributed by atoms with E-state index in [0.717, 1.165) is 38.5 Å². The Balaban J connectivity index is 1.60. The Hall–Kier alpha value is -2.63. The molecule has 6 nitrogen and oxygen atoms in total. The van der Waals surface area contributed by atoms with E-state index in [1.807, 2.05) is 0 Å². The van der Waals surface area contributed by atoms with Crippen LogP contribution in [0.1, 0.15) is 219 Å². The van der Waals surface area contributed by atoms with Crippen LogP contribution in [-0.4, -0.2) is 11.9 Å². The van der Waals surface area contributed by atoms with E-state index in [4.69, 9.17) is 13.9 Å². The summed E-state index contributed by atoms with van der Waals surface area (Å²) in [4.78, 5) is 37.3. The highest BCUT2D eigenvalue weighted by Crippen LogP contribution is 2.33. The lowest BCUT2D eigenvalue weighted by Crippen LogP contribution is -2.12. The second-order valence-corrected chi connectivity index (χ2v) is 14.9. The molecule has 51 heavy (non-hydrogen) atoms. The van der Waals surface area contributed by atoms with E-state index in [2.05, 4.69) is 13.8 Å². The third kappa shape index (κ3) is 23.5. The molecule has 0 unspecified atom stereocenters. The van der Waals surface area contributed by atoms with Crippen LogP contribution in [0.25, 0.3) is 11.0 Å². The fourth-order valence-electron chi connectivity index (χ4n) is 6.86. The quantitative estimate of drug-likeness (QED) is 0.0311. The van der Waals surface area contributed by atoms with Crippen molar-refractivity contribution in [2.75, 3.05) is 0 Å². The maximum atomic E-state index is 12.8. The molecule has 2 aromatic rings. The number of esters is 2. The van der Waals surface area contributed by atoms with Gasteiger partial charge in [-0.3, -0.25) is 9.59 Å². The average Bonchev–Trinajstić information content (AvgIpc) is 3.12. The molecule has 2 rings (SSSR count). The van der Waals surface area contributed by atoms with Crippen molar-refractivity contribution in [1.29, 1.82) is 0 Å². The van der Waals surface area contributed by atoms with Gasteiger partial charge in [0.25, 0.3) is 0 Å². The molecule has 0 fully saturated rings. The van der Waals surface area contributed by atoms with E-state index in [-0.39, 0.29) is 23.4 Å². The summed E-state index contributed by atoms with van der Waals surface area (Å²) in [5.74, 6) is -0.414. The number of hydrogen-bond acceptors (Lipinski definition) is 6. The predicted molar refractivity (Wildman–Crippen MR) is 213 cm³/mol. The van der Waals surface area contributed by atoms with Crippen LogP contribution < -0.4 is 15.1 Å². The van der Waals surface area contributed by atoms with Crippen molar-refractivity contribution in [3.8, 4) is 11.5 Å². The maximum absolute atomic E-state index is 12.8. The lowest BCUT2D eigenvalue weighted by Gasteiger charge is -2.12. The van der Waals surface area contributed by atoms with Gasteiger partial charge in [0.1, 0.15) is 5.58 Å². The molecule has 6 heteroatoms. The number of unbranched alkanes of at least 4 members (excludes halogenated alkanes) is 28. The predicted octanol–water partition coefficient (Wildman–Crippen LogP) is 14.1. The summed E-state index contributed by atoms with van der Waals surface area (Å²) in [5.41, 5.74) is -0.199. The summed E-state index contributed by atoms with van der Waals surface area (Å²) < 4.78 is 16.7. The summed E-state index contributed by atoms with van der Waals surface area (Å²) in [6.07, 6.45) is 38.6. The third-order valence-electron chi connectivity index (χ3n) is 10.1. The van der Waals surface area contributed by atoms with Gasteiger partial charge >= 0.3 is 17.6 Å². The fraction of sp³-hybridized carbons (Fsp3) is 0.756. The molecule has 1 aromatic heterocycles. The molecule has 1 aromatic carbocycles. The Bertz CT molecular complexity index is 1220. The largest absolute Gasteiger partial charge is 0.423 e. The Labute approximate surface area is 311 Å². The lowest BCUT2D eigenvalue weighted by atomic mass is 10.0. The van der Waals surface area contributed by atoms with E-state index in [0.29, 0.717) is 23.8 Å². The minimum Gasteiger partial charge on any atom is -0.423 e. The summed E-state index contributed by atoms with van der Waals surface area (Å²) in [5, 5.41) is 0.603. The Morgan fingerprint density at radius 3 is 1.12 bits per heavy atom. The van der Waals surface area contributed by atoms with E-state index >= 15 is 0 Å². The van der Waals surface area contributed by atoms with Crippen LogP contribution in [0.15, 0.2) is 33.5 Å². The molecule has 1 heterocycles. The van der Waals surface area contributed by atoms with Crippen LogP contribution in [0.3, 0.4) is 0 Å². The van der Waals surface area contributed by atoms with Crippen LogP contribution in [0, 0.1) is 0 Å². The number of fused-ring (bicyclic) bond motifs is 1. The summed E-state index contributed by atoms with van der Waals surface area (Å²) >= 11 is 0. The summed E-state index contributed by atoms with van der Waals surface area (Å²) in [6.45, 7) is 4.53. The molecule has 0 aliphatic heterocycles. The minimum absolute atomic E-state index is 0.118. The number of rotatable bonds is 34. The van der Waals surface area contributed by atoms with Crippen molar-refractivity contribution >= 4 is 22.9 Å². The number of benzene rings is 1. The molecule has 0 aliphatic rings. The van der Waals surface area contributed by atoms with Crippen molar-refractivity contribution in [3.05, 3.63) is 34.7 Å². The fourth-order valence-corrected chi connectivity index (χ4v) is 6.86. The zero-order chi connectivity index (χ0) is 36.6. The molecule has 0 N–H and O–H groups in total. The van der Waals surface area contributed by atoms with Gasteiger partial charge in [-0.1, -0.05) is 194 Å². The molecule has 0 aliphatic carbocycles. The van der Waals surface area contributed by atoms with Crippen molar-refractivity contribution in [2.24, 2.45) is 0 Å². The SMILES string of the molecule is CCCCCCCCCCCCCCCCCC(=O)Oc1cc2ccc(=O)oc2cc1OC(=O)CCCCCCCCCCCCCCCCC. The van der Waals surface area contributed by atoms with E-state index < -0.39 is 5.63 Å². The van der Waals surface area contributed by atoms with E-state index in [1.165, 1.54) is 166 Å². The highest BCUT2D eigenvalue weighted by atomic mass is 16.6. The van der Waals surface area contributed by atoms with Gasteiger partial charge in [-0.15, -0.1) is 0 Å². The van der Waals surface area contributed by atoms with Gasteiger partial charge in [0.05, 0.1) is 0 Å². The molecule has 0 atom stereocenters. The first-order valence-corrected chi connectivity index (χ1v) is 21.5. The van der Waals surface area contributed by atoms with Crippen LogP contribution in [-0.2, 0) is 9.59 Å². The Kier molecular flexibility index (Phi) is 27.0. The van der Waals surface area contributed by atoms with Crippen LogP contribution in [0.5, 0.6) is 11.5 Å². The molecule has 0 amide bonds. The van der Waals surface area contributed by atoms with Gasteiger partial charge < -0.3 is 13.9 Å². The van der Waals surface area contributed by atoms with Crippen molar-refractivity contribution in [1.82, 2.24) is 0 Å². The second kappa shape index (κ2) is 30.9. The van der Waals surface area contributed by atoms with Gasteiger partial charge in [-0.25, -0.2) is 4.79 Å². The monoisotopic (exact) mass is 711 g/mol. The molecular formula is C45H74O6. The molecule has 0 spiro atoms. The van der Waals surface area contributed by atoms with Gasteiger partial charge in [0.15, 0.2) is 11.5 Å². The van der Waals surface area contributed by atoms with Gasteiger partial charge in [-0.2, -0.15) is 0 Å². The second-order valence-electron chi connectivity index (χ2n) is 14.9. The molecule has 0 bridgehead atoms. The first-order valence-electron chi connectivity index (χ1n) is 21.5. The first kappa shape index (κ1) is 44.5. The van der Waals surface area contributed by atoms with Crippen LogP contribution in [0.2, 0.25) is 0 Å². The standard InChI is InChI=1S/C45H74O6/c1-3-5-7-9-11-13-15-17-19-21-23-25-27-29-31-33-43(46)50-41-37-39-35-36-45(48)49-40(39)38-42(41)51-44(47)34-32-30-28-26-24-22-20-18-16-14-12-10-8-6-4-2/h35-38H,3-34H2,1-2H3.